The van der Waals surface area contributed by atoms with E-state index >= 15 is 0 Å². The van der Waals surface area contributed by atoms with Crippen LogP contribution in [0.4, 0.5) is 0 Å². The lowest BCUT2D eigenvalue weighted by Gasteiger charge is -2.17. The molecule has 0 fully saturated rings. The smallest absolute Gasteiger partial charge is 0.321 e. The fourth-order valence-corrected chi connectivity index (χ4v) is 2.64. The van der Waals surface area contributed by atoms with Crippen LogP contribution in [0.15, 0.2) is 48.5 Å². The van der Waals surface area contributed by atoms with Gasteiger partial charge >= 0.3 is 5.97 Å². The number of rotatable bonds is 11. The number of carboxylic acids is 1. The summed E-state index contributed by atoms with van der Waals surface area (Å²) in [7, 11) is 0. The van der Waals surface area contributed by atoms with E-state index in [1.807, 2.05) is 55.5 Å². The van der Waals surface area contributed by atoms with Gasteiger partial charge in [0.1, 0.15) is 6.04 Å². The third kappa shape index (κ3) is 6.94. The van der Waals surface area contributed by atoms with Crippen LogP contribution in [-0.2, 0) is 17.8 Å². The summed E-state index contributed by atoms with van der Waals surface area (Å²) >= 11 is 0. The number of nitrogens with one attached hydrogen (secondary N) is 1. The maximum atomic E-state index is 11.6. The third-order valence-corrected chi connectivity index (χ3v) is 4.01. The molecule has 2 rings (SSSR count). The molecule has 0 amide bonds. The lowest BCUT2D eigenvalue weighted by molar-refractivity contribution is -0.139. The summed E-state index contributed by atoms with van der Waals surface area (Å²) in [4.78, 5) is 11.6. The first-order chi connectivity index (χ1) is 13.0. The summed E-state index contributed by atoms with van der Waals surface area (Å²) in [6.45, 7) is 7.72. The second-order valence-corrected chi connectivity index (χ2v) is 6.88. The van der Waals surface area contributed by atoms with E-state index in [1.165, 1.54) is 0 Å². The van der Waals surface area contributed by atoms with E-state index in [1.54, 1.807) is 0 Å². The molecule has 5 heteroatoms. The molecule has 0 radical (unpaired) electrons. The van der Waals surface area contributed by atoms with Crippen molar-refractivity contribution in [1.29, 1.82) is 0 Å². The maximum absolute atomic E-state index is 11.6. The average Bonchev–Trinajstić information content (AvgIpc) is 2.65. The zero-order valence-electron chi connectivity index (χ0n) is 16.3. The first-order valence-corrected chi connectivity index (χ1v) is 9.38. The lowest BCUT2D eigenvalue weighted by atomic mass is 10.1. The Hall–Kier alpha value is -2.53. The largest absolute Gasteiger partial charge is 0.490 e. The Morgan fingerprint density at radius 3 is 2.41 bits per heavy atom. The van der Waals surface area contributed by atoms with Gasteiger partial charge in [0, 0.05) is 6.54 Å². The average molecular weight is 371 g/mol. The van der Waals surface area contributed by atoms with Gasteiger partial charge in [0.2, 0.25) is 0 Å². The Balaban J connectivity index is 2.03. The van der Waals surface area contributed by atoms with Crippen LogP contribution in [0.5, 0.6) is 11.5 Å². The molecule has 27 heavy (non-hydrogen) atoms. The van der Waals surface area contributed by atoms with Crippen molar-refractivity contribution in [2.45, 2.75) is 39.8 Å². The molecular weight excluding hydrogens is 342 g/mol. The van der Waals surface area contributed by atoms with Gasteiger partial charge in [0.15, 0.2) is 11.5 Å². The molecule has 0 aliphatic heterocycles. The minimum atomic E-state index is -0.860. The van der Waals surface area contributed by atoms with Crippen LogP contribution < -0.4 is 14.8 Å². The fourth-order valence-electron chi connectivity index (χ4n) is 2.64. The molecule has 0 aliphatic rings. The van der Waals surface area contributed by atoms with Gasteiger partial charge in [-0.2, -0.15) is 0 Å². The van der Waals surface area contributed by atoms with Gasteiger partial charge in [-0.05, 0) is 42.5 Å². The molecule has 0 unspecified atom stereocenters. The lowest BCUT2D eigenvalue weighted by Crippen LogP contribution is -2.38. The zero-order chi connectivity index (χ0) is 19.6. The topological polar surface area (TPSA) is 67.8 Å². The first kappa shape index (κ1) is 20.8. The second-order valence-electron chi connectivity index (χ2n) is 6.88. The van der Waals surface area contributed by atoms with Crippen LogP contribution in [0.25, 0.3) is 0 Å². The van der Waals surface area contributed by atoms with Gasteiger partial charge in [0.05, 0.1) is 13.2 Å². The molecule has 2 aromatic carbocycles. The minimum absolute atomic E-state index is 0.426. The van der Waals surface area contributed by atoms with E-state index in [0.717, 1.165) is 11.1 Å². The Bertz CT molecular complexity index is 716. The molecule has 1 atom stereocenters. The summed E-state index contributed by atoms with van der Waals surface area (Å²) in [5.41, 5.74) is 1.94. The number of hydrogen-bond acceptors (Lipinski definition) is 4. The fraction of sp³-hybridized carbons (Fsp3) is 0.409. The van der Waals surface area contributed by atoms with Crippen molar-refractivity contribution < 1.29 is 19.4 Å². The molecule has 5 nitrogen and oxygen atoms in total. The summed E-state index contributed by atoms with van der Waals surface area (Å²) in [6, 6.07) is 14.7. The van der Waals surface area contributed by atoms with Gasteiger partial charge in [-0.15, -0.1) is 0 Å². The van der Waals surface area contributed by atoms with Crippen LogP contribution in [0.3, 0.4) is 0 Å². The Morgan fingerprint density at radius 2 is 1.78 bits per heavy atom. The van der Waals surface area contributed by atoms with Gasteiger partial charge in [-0.1, -0.05) is 50.2 Å². The Morgan fingerprint density at radius 1 is 1.04 bits per heavy atom. The Labute approximate surface area is 161 Å². The van der Waals surface area contributed by atoms with Gasteiger partial charge < -0.3 is 19.9 Å². The molecule has 0 aromatic heterocycles. The summed E-state index contributed by atoms with van der Waals surface area (Å²) < 4.78 is 11.5. The molecule has 2 N–H and O–H groups in total. The molecule has 2 aromatic rings. The number of aliphatic carboxylic acids is 1. The van der Waals surface area contributed by atoms with Crippen LogP contribution in [0.1, 0.15) is 31.9 Å². The van der Waals surface area contributed by atoms with Crippen molar-refractivity contribution >= 4 is 5.97 Å². The minimum Gasteiger partial charge on any atom is -0.490 e. The molecule has 0 heterocycles. The van der Waals surface area contributed by atoms with E-state index in [0.29, 0.717) is 43.6 Å². The Kier molecular flexibility index (Phi) is 8.14. The number of ether oxygens (including phenoxy) is 2. The van der Waals surface area contributed by atoms with Gasteiger partial charge in [-0.3, -0.25) is 4.79 Å². The molecule has 0 aliphatic carbocycles. The van der Waals surface area contributed by atoms with E-state index < -0.39 is 12.0 Å². The number of carboxylic acid groups (broad SMARTS) is 1. The first-order valence-electron chi connectivity index (χ1n) is 9.38. The molecule has 0 saturated heterocycles. The normalized spacial score (nSPS) is 12.0. The monoisotopic (exact) mass is 371 g/mol. The molecular formula is C22H29NO4. The SMILES string of the molecule is CCOc1cc(CN[C@H](Cc2ccccc2)C(=O)O)ccc1OCC(C)C. The van der Waals surface area contributed by atoms with Crippen molar-refractivity contribution in [3.05, 3.63) is 59.7 Å². The maximum Gasteiger partial charge on any atom is 0.321 e. The second kappa shape index (κ2) is 10.6. The molecule has 0 bridgehead atoms. The quantitative estimate of drug-likeness (QED) is 0.627. The van der Waals surface area contributed by atoms with E-state index in [2.05, 4.69) is 19.2 Å². The van der Waals surface area contributed by atoms with E-state index in [9.17, 15) is 9.90 Å². The summed E-state index contributed by atoms with van der Waals surface area (Å²) in [5, 5.41) is 12.6. The zero-order valence-corrected chi connectivity index (χ0v) is 16.3. The van der Waals surface area contributed by atoms with Crippen LogP contribution >= 0.6 is 0 Å². The predicted molar refractivity (Wildman–Crippen MR) is 106 cm³/mol. The van der Waals surface area contributed by atoms with Gasteiger partial charge in [0.25, 0.3) is 0 Å². The predicted octanol–water partition coefficient (Wildman–Crippen LogP) is 3.91. The van der Waals surface area contributed by atoms with E-state index in [4.69, 9.17) is 9.47 Å². The molecule has 146 valence electrons. The molecule has 0 saturated carbocycles. The van der Waals surface area contributed by atoms with Gasteiger partial charge in [-0.25, -0.2) is 0 Å². The highest BCUT2D eigenvalue weighted by Crippen LogP contribution is 2.29. The van der Waals surface area contributed by atoms with Crippen molar-refractivity contribution in [1.82, 2.24) is 5.32 Å². The highest BCUT2D eigenvalue weighted by molar-refractivity contribution is 5.73. The third-order valence-electron chi connectivity index (χ3n) is 4.01. The summed E-state index contributed by atoms with van der Waals surface area (Å²) in [6.07, 6.45) is 0.435. The van der Waals surface area contributed by atoms with E-state index in [-0.39, 0.29) is 0 Å². The number of benzene rings is 2. The highest BCUT2D eigenvalue weighted by Gasteiger charge is 2.17. The summed E-state index contributed by atoms with van der Waals surface area (Å²) in [5.74, 6) is 0.969. The van der Waals surface area contributed by atoms with Crippen LogP contribution in [0.2, 0.25) is 0 Å². The van der Waals surface area contributed by atoms with Crippen molar-refractivity contribution in [2.24, 2.45) is 5.92 Å². The van der Waals surface area contributed by atoms with Crippen molar-refractivity contribution in [3.63, 3.8) is 0 Å². The van der Waals surface area contributed by atoms with Crippen molar-refractivity contribution in [2.75, 3.05) is 13.2 Å². The number of carbonyl (C=O) groups is 1. The molecule has 0 spiro atoms. The highest BCUT2D eigenvalue weighted by atomic mass is 16.5. The standard InChI is InChI=1S/C22H29NO4/c1-4-26-21-13-18(10-11-20(21)27-15-16(2)3)14-23-19(22(24)25)12-17-8-6-5-7-9-17/h5-11,13,16,19,23H,4,12,14-15H2,1-3H3,(H,24,25)/t19-/m1/s1. The number of hydrogen-bond donors (Lipinski definition) is 2. The van der Waals surface area contributed by atoms with Crippen LogP contribution in [0, 0.1) is 5.92 Å². The van der Waals surface area contributed by atoms with Crippen molar-refractivity contribution in [3.8, 4) is 11.5 Å². The van der Waals surface area contributed by atoms with Crippen LogP contribution in [-0.4, -0.2) is 30.3 Å².